The third-order valence-electron chi connectivity index (χ3n) is 2.94. The number of hydrogen-bond donors (Lipinski definition) is 1. The Labute approximate surface area is 120 Å². The van der Waals surface area contributed by atoms with Gasteiger partial charge in [0.25, 0.3) is 5.69 Å². The molecule has 0 bridgehead atoms. The van der Waals surface area contributed by atoms with Gasteiger partial charge in [0.05, 0.1) is 11.0 Å². The molecule has 0 amide bonds. The Balaban J connectivity index is 2.05. The maximum absolute atomic E-state index is 10.5. The number of unbranched alkanes of at least 4 members (excludes halogenated alkanes) is 1. The number of rotatable bonds is 10. The van der Waals surface area contributed by atoms with Gasteiger partial charge in [-0.25, -0.2) is 0 Å². The highest BCUT2D eigenvalue weighted by Gasteiger charge is 2.03. The van der Waals surface area contributed by atoms with Gasteiger partial charge in [-0.1, -0.05) is 12.1 Å². The van der Waals surface area contributed by atoms with Gasteiger partial charge in [0.1, 0.15) is 0 Å². The summed E-state index contributed by atoms with van der Waals surface area (Å²) in [6.45, 7) is 6.78. The Bertz CT molecular complexity index is 391. The predicted molar refractivity (Wildman–Crippen MR) is 80.0 cm³/mol. The van der Waals surface area contributed by atoms with Crippen molar-refractivity contribution >= 4 is 5.69 Å². The zero-order valence-electron chi connectivity index (χ0n) is 12.3. The lowest BCUT2D eigenvalue weighted by molar-refractivity contribution is -0.384. The molecule has 0 heterocycles. The van der Waals surface area contributed by atoms with Crippen molar-refractivity contribution in [1.29, 1.82) is 0 Å². The lowest BCUT2D eigenvalue weighted by Crippen LogP contribution is -2.19. The van der Waals surface area contributed by atoms with Gasteiger partial charge >= 0.3 is 0 Å². The molecule has 5 heteroatoms. The average Bonchev–Trinajstić information content (AvgIpc) is 2.42. The number of nitro benzene ring substituents is 1. The molecule has 0 aromatic heterocycles. The number of nitrogens with zero attached hydrogens (tertiary/aromatic N) is 1. The molecule has 1 rings (SSSR count). The number of hydrogen-bond acceptors (Lipinski definition) is 4. The molecule has 0 aliphatic rings. The van der Waals surface area contributed by atoms with Crippen LogP contribution in [0, 0.1) is 10.1 Å². The summed E-state index contributed by atoms with van der Waals surface area (Å²) >= 11 is 0. The van der Waals surface area contributed by atoms with E-state index in [0.717, 1.165) is 44.5 Å². The van der Waals surface area contributed by atoms with Gasteiger partial charge in [0, 0.05) is 18.7 Å². The minimum absolute atomic E-state index is 0.145. The molecule has 20 heavy (non-hydrogen) atoms. The van der Waals surface area contributed by atoms with Crippen LogP contribution in [0.5, 0.6) is 0 Å². The van der Waals surface area contributed by atoms with E-state index in [4.69, 9.17) is 4.74 Å². The SMILES string of the molecule is CC(C)OCCCCNCCc1ccc([N+](=O)[O-])cc1. The summed E-state index contributed by atoms with van der Waals surface area (Å²) in [5.74, 6) is 0. The molecule has 0 saturated carbocycles. The first kappa shape index (κ1) is 16.6. The summed E-state index contributed by atoms with van der Waals surface area (Å²) in [4.78, 5) is 10.1. The van der Waals surface area contributed by atoms with E-state index >= 15 is 0 Å². The molecule has 0 radical (unpaired) electrons. The molecule has 0 unspecified atom stereocenters. The second-order valence-corrected chi connectivity index (χ2v) is 5.05. The van der Waals surface area contributed by atoms with Gasteiger partial charge in [-0.05, 0) is 51.8 Å². The number of ether oxygens (including phenoxy) is 1. The van der Waals surface area contributed by atoms with Crippen molar-refractivity contribution < 1.29 is 9.66 Å². The van der Waals surface area contributed by atoms with Crippen LogP contribution in [0.4, 0.5) is 5.69 Å². The quantitative estimate of drug-likeness (QED) is 0.406. The third-order valence-corrected chi connectivity index (χ3v) is 2.94. The molecule has 1 aromatic rings. The lowest BCUT2D eigenvalue weighted by atomic mass is 10.1. The fourth-order valence-corrected chi connectivity index (χ4v) is 1.81. The molecule has 1 aromatic carbocycles. The van der Waals surface area contributed by atoms with Crippen molar-refractivity contribution in [3.8, 4) is 0 Å². The molecule has 0 saturated heterocycles. The molecule has 5 nitrogen and oxygen atoms in total. The smallest absolute Gasteiger partial charge is 0.269 e. The number of nitrogens with one attached hydrogen (secondary N) is 1. The average molecular weight is 280 g/mol. The van der Waals surface area contributed by atoms with Crippen molar-refractivity contribution in [3.05, 3.63) is 39.9 Å². The molecule has 1 N–H and O–H groups in total. The maximum atomic E-state index is 10.5. The van der Waals surface area contributed by atoms with E-state index in [0.29, 0.717) is 6.10 Å². The lowest BCUT2D eigenvalue weighted by Gasteiger charge is -2.08. The van der Waals surface area contributed by atoms with Crippen LogP contribution in [0.1, 0.15) is 32.3 Å². The monoisotopic (exact) mass is 280 g/mol. The minimum atomic E-state index is -0.374. The third kappa shape index (κ3) is 7.21. The van der Waals surface area contributed by atoms with Crippen LogP contribution in [0.2, 0.25) is 0 Å². The van der Waals surface area contributed by atoms with Crippen LogP contribution in [-0.2, 0) is 11.2 Å². The van der Waals surface area contributed by atoms with E-state index in [2.05, 4.69) is 5.32 Å². The Morgan fingerprint density at radius 3 is 2.50 bits per heavy atom. The van der Waals surface area contributed by atoms with E-state index in [1.54, 1.807) is 12.1 Å². The maximum Gasteiger partial charge on any atom is 0.269 e. The standard InChI is InChI=1S/C15H24N2O3/c1-13(2)20-12-4-3-10-16-11-9-14-5-7-15(8-6-14)17(18)19/h5-8,13,16H,3-4,9-12H2,1-2H3. The summed E-state index contributed by atoms with van der Waals surface area (Å²) in [6, 6.07) is 6.74. The van der Waals surface area contributed by atoms with Gasteiger partial charge in [0.15, 0.2) is 0 Å². The summed E-state index contributed by atoms with van der Waals surface area (Å²) in [7, 11) is 0. The first-order valence-corrected chi connectivity index (χ1v) is 7.15. The molecule has 0 aliphatic carbocycles. The second kappa shape index (κ2) is 9.44. The van der Waals surface area contributed by atoms with Crippen LogP contribution < -0.4 is 5.32 Å². The fourth-order valence-electron chi connectivity index (χ4n) is 1.81. The van der Waals surface area contributed by atoms with Crippen LogP contribution in [0.15, 0.2) is 24.3 Å². The Hall–Kier alpha value is -1.46. The molecule has 0 spiro atoms. The van der Waals surface area contributed by atoms with E-state index < -0.39 is 0 Å². The number of nitro groups is 1. The first-order chi connectivity index (χ1) is 9.59. The van der Waals surface area contributed by atoms with Gasteiger partial charge in [-0.3, -0.25) is 10.1 Å². The molecular weight excluding hydrogens is 256 g/mol. The first-order valence-electron chi connectivity index (χ1n) is 7.15. The molecular formula is C15H24N2O3. The summed E-state index contributed by atoms with van der Waals surface area (Å²) in [5, 5.41) is 13.9. The zero-order valence-corrected chi connectivity index (χ0v) is 12.3. The Morgan fingerprint density at radius 1 is 1.20 bits per heavy atom. The summed E-state index contributed by atoms with van der Waals surface area (Å²) in [6.07, 6.45) is 3.38. The highest BCUT2D eigenvalue weighted by molar-refractivity contribution is 5.32. The molecule has 0 atom stereocenters. The summed E-state index contributed by atoms with van der Waals surface area (Å²) < 4.78 is 5.47. The van der Waals surface area contributed by atoms with Crippen molar-refractivity contribution in [2.24, 2.45) is 0 Å². The molecule has 112 valence electrons. The number of benzene rings is 1. The Morgan fingerprint density at radius 2 is 1.90 bits per heavy atom. The van der Waals surface area contributed by atoms with E-state index in [1.165, 1.54) is 0 Å². The van der Waals surface area contributed by atoms with E-state index in [9.17, 15) is 10.1 Å². The van der Waals surface area contributed by atoms with Gasteiger partial charge in [-0.2, -0.15) is 0 Å². The fraction of sp³-hybridized carbons (Fsp3) is 0.600. The zero-order chi connectivity index (χ0) is 14.8. The van der Waals surface area contributed by atoms with Crippen LogP contribution in [-0.4, -0.2) is 30.7 Å². The minimum Gasteiger partial charge on any atom is -0.379 e. The number of non-ortho nitro benzene ring substituents is 1. The van der Waals surface area contributed by atoms with Crippen molar-refractivity contribution in [1.82, 2.24) is 5.32 Å². The van der Waals surface area contributed by atoms with Crippen LogP contribution in [0.3, 0.4) is 0 Å². The summed E-state index contributed by atoms with van der Waals surface area (Å²) in [5.41, 5.74) is 1.26. The second-order valence-electron chi connectivity index (χ2n) is 5.05. The van der Waals surface area contributed by atoms with Crippen LogP contribution in [0.25, 0.3) is 0 Å². The topological polar surface area (TPSA) is 64.4 Å². The predicted octanol–water partition coefficient (Wildman–Crippen LogP) is 2.93. The van der Waals surface area contributed by atoms with Gasteiger partial charge in [-0.15, -0.1) is 0 Å². The van der Waals surface area contributed by atoms with Gasteiger partial charge < -0.3 is 10.1 Å². The van der Waals surface area contributed by atoms with E-state index in [-0.39, 0.29) is 10.6 Å². The van der Waals surface area contributed by atoms with E-state index in [1.807, 2.05) is 26.0 Å². The highest BCUT2D eigenvalue weighted by Crippen LogP contribution is 2.11. The molecule has 0 fully saturated rings. The van der Waals surface area contributed by atoms with Crippen molar-refractivity contribution in [2.45, 2.75) is 39.2 Å². The normalized spacial score (nSPS) is 10.9. The highest BCUT2D eigenvalue weighted by atomic mass is 16.6. The van der Waals surface area contributed by atoms with Crippen molar-refractivity contribution in [3.63, 3.8) is 0 Å². The largest absolute Gasteiger partial charge is 0.379 e. The Kier molecular flexibility index (Phi) is 7.84. The van der Waals surface area contributed by atoms with Gasteiger partial charge in [0.2, 0.25) is 0 Å². The molecule has 0 aliphatic heterocycles. The van der Waals surface area contributed by atoms with Crippen LogP contribution >= 0.6 is 0 Å². The van der Waals surface area contributed by atoms with Crippen molar-refractivity contribution in [2.75, 3.05) is 19.7 Å².